The number of rotatable bonds is 6. The summed E-state index contributed by atoms with van der Waals surface area (Å²) in [6.07, 6.45) is 5.77. The molecule has 0 saturated heterocycles. The lowest BCUT2D eigenvalue weighted by Crippen LogP contribution is -2.16. The first-order valence-corrected chi connectivity index (χ1v) is 6.19. The van der Waals surface area contributed by atoms with Gasteiger partial charge in [-0.2, -0.15) is 0 Å². The van der Waals surface area contributed by atoms with Crippen LogP contribution in [0, 0.1) is 16.0 Å². The van der Waals surface area contributed by atoms with E-state index in [9.17, 15) is 14.9 Å². The van der Waals surface area contributed by atoms with Crippen molar-refractivity contribution < 1.29 is 14.8 Å². The van der Waals surface area contributed by atoms with Crippen LogP contribution in [-0.4, -0.2) is 27.5 Å². The van der Waals surface area contributed by atoms with Gasteiger partial charge < -0.3 is 10.4 Å². The van der Waals surface area contributed by atoms with Gasteiger partial charge in [-0.3, -0.25) is 10.1 Å². The molecule has 0 unspecified atom stereocenters. The van der Waals surface area contributed by atoms with Gasteiger partial charge in [0.2, 0.25) is 0 Å². The summed E-state index contributed by atoms with van der Waals surface area (Å²) < 4.78 is 0. The number of carboxylic acids is 1. The van der Waals surface area contributed by atoms with Crippen molar-refractivity contribution >= 4 is 17.5 Å². The minimum atomic E-state index is -1.32. The zero-order valence-corrected chi connectivity index (χ0v) is 10.3. The first-order valence-electron chi connectivity index (χ1n) is 6.19. The summed E-state index contributed by atoms with van der Waals surface area (Å²) in [4.78, 5) is 24.8. The van der Waals surface area contributed by atoms with Gasteiger partial charge in [-0.1, -0.05) is 19.3 Å². The lowest BCUT2D eigenvalue weighted by Gasteiger charge is -2.25. The lowest BCUT2D eigenvalue weighted by molar-refractivity contribution is -0.385. The molecule has 102 valence electrons. The summed E-state index contributed by atoms with van der Waals surface area (Å²) in [7, 11) is 0. The summed E-state index contributed by atoms with van der Waals surface area (Å²) in [5, 5.41) is 22.6. The number of carboxylic acid groups (broad SMARTS) is 1. The Morgan fingerprint density at radius 1 is 1.58 bits per heavy atom. The van der Waals surface area contributed by atoms with Gasteiger partial charge in [-0.15, -0.1) is 0 Å². The van der Waals surface area contributed by atoms with Crippen molar-refractivity contribution in [2.24, 2.45) is 5.92 Å². The predicted octanol–water partition coefficient (Wildman–Crippen LogP) is 2.29. The molecule has 0 amide bonds. The Labute approximate surface area is 109 Å². The fourth-order valence-corrected chi connectivity index (χ4v) is 2.05. The monoisotopic (exact) mass is 265 g/mol. The van der Waals surface area contributed by atoms with Crippen LogP contribution in [0.5, 0.6) is 0 Å². The van der Waals surface area contributed by atoms with Gasteiger partial charge >= 0.3 is 11.7 Å². The Bertz CT molecular complexity index is 500. The molecule has 0 spiro atoms. The van der Waals surface area contributed by atoms with Gasteiger partial charge in [0, 0.05) is 12.6 Å². The second kappa shape index (κ2) is 5.64. The molecular weight excluding hydrogens is 250 g/mol. The van der Waals surface area contributed by atoms with E-state index < -0.39 is 16.6 Å². The largest absolute Gasteiger partial charge is 0.477 e. The number of hydrogen-bond acceptors (Lipinski definition) is 5. The summed E-state index contributed by atoms with van der Waals surface area (Å²) in [5.74, 6) is -0.219. The zero-order chi connectivity index (χ0) is 13.8. The van der Waals surface area contributed by atoms with Crippen LogP contribution in [0.1, 0.15) is 36.0 Å². The van der Waals surface area contributed by atoms with Crippen molar-refractivity contribution in [3.63, 3.8) is 0 Å². The third-order valence-electron chi connectivity index (χ3n) is 3.39. The number of nitrogens with one attached hydrogen (secondary N) is 1. The van der Waals surface area contributed by atoms with Crippen molar-refractivity contribution in [2.75, 3.05) is 11.9 Å². The number of hydrogen-bond donors (Lipinski definition) is 2. The number of anilines is 1. The van der Waals surface area contributed by atoms with Crippen LogP contribution in [-0.2, 0) is 0 Å². The summed E-state index contributed by atoms with van der Waals surface area (Å²) >= 11 is 0. The Balaban J connectivity index is 2.02. The fourth-order valence-electron chi connectivity index (χ4n) is 2.05. The fraction of sp³-hybridized carbons (Fsp3) is 0.500. The van der Waals surface area contributed by atoms with E-state index in [1.807, 2.05) is 0 Å². The van der Waals surface area contributed by atoms with Crippen molar-refractivity contribution in [1.29, 1.82) is 0 Å². The molecule has 7 nitrogen and oxygen atoms in total. The topological polar surface area (TPSA) is 105 Å². The van der Waals surface area contributed by atoms with Gasteiger partial charge in [-0.25, -0.2) is 9.78 Å². The van der Waals surface area contributed by atoms with E-state index in [0.29, 0.717) is 12.4 Å². The molecule has 0 aromatic carbocycles. The number of nitro groups is 1. The number of aromatic nitrogens is 1. The van der Waals surface area contributed by atoms with E-state index >= 15 is 0 Å². The number of pyridine rings is 1. The molecule has 1 saturated carbocycles. The predicted molar refractivity (Wildman–Crippen MR) is 68.3 cm³/mol. The van der Waals surface area contributed by atoms with Gasteiger partial charge in [0.15, 0.2) is 0 Å². The molecule has 0 aliphatic heterocycles. The van der Waals surface area contributed by atoms with Crippen LogP contribution < -0.4 is 5.32 Å². The average Bonchev–Trinajstić information content (AvgIpc) is 2.31. The summed E-state index contributed by atoms with van der Waals surface area (Å²) in [5.41, 5.74) is -0.830. The molecule has 7 heteroatoms. The Hall–Kier alpha value is -2.18. The van der Waals surface area contributed by atoms with Crippen LogP contribution in [0.3, 0.4) is 0 Å². The molecule has 0 bridgehead atoms. The SMILES string of the molecule is O=C(O)c1cc(NCCC2CCC2)ncc1[N+](=O)[O-]. The normalized spacial score (nSPS) is 14.7. The Kier molecular flexibility index (Phi) is 3.94. The number of carbonyl (C=O) groups is 1. The van der Waals surface area contributed by atoms with E-state index in [2.05, 4.69) is 10.3 Å². The number of aromatic carboxylic acids is 1. The van der Waals surface area contributed by atoms with Gasteiger partial charge in [0.25, 0.3) is 0 Å². The van der Waals surface area contributed by atoms with E-state index in [4.69, 9.17) is 5.11 Å². The van der Waals surface area contributed by atoms with Crippen molar-refractivity contribution in [1.82, 2.24) is 4.98 Å². The quantitative estimate of drug-likeness (QED) is 0.603. The molecule has 2 rings (SSSR count). The van der Waals surface area contributed by atoms with Crippen LogP contribution in [0.4, 0.5) is 11.5 Å². The standard InChI is InChI=1S/C12H15N3O4/c16-12(17)9-6-11(14-7-10(9)15(18)19)13-5-4-8-2-1-3-8/h6-8H,1-5H2,(H,13,14)(H,16,17). The highest BCUT2D eigenvalue weighted by Gasteiger charge is 2.21. The van der Waals surface area contributed by atoms with E-state index in [1.54, 1.807) is 0 Å². The molecule has 1 aliphatic carbocycles. The molecule has 1 aromatic heterocycles. The number of nitrogens with zero attached hydrogens (tertiary/aromatic N) is 2. The van der Waals surface area contributed by atoms with Crippen LogP contribution >= 0.6 is 0 Å². The molecule has 2 N–H and O–H groups in total. The van der Waals surface area contributed by atoms with E-state index in [0.717, 1.165) is 18.5 Å². The molecule has 1 aromatic rings. The third-order valence-corrected chi connectivity index (χ3v) is 3.39. The Morgan fingerprint density at radius 3 is 2.84 bits per heavy atom. The maximum atomic E-state index is 11.0. The first-order chi connectivity index (χ1) is 9.08. The summed E-state index contributed by atoms with van der Waals surface area (Å²) in [6, 6.07) is 1.21. The molecule has 1 aliphatic rings. The van der Waals surface area contributed by atoms with Gasteiger partial charge in [0.1, 0.15) is 17.6 Å². The molecule has 0 atom stereocenters. The first kappa shape index (κ1) is 13.3. The highest BCUT2D eigenvalue weighted by molar-refractivity contribution is 5.93. The minimum absolute atomic E-state index is 0.342. The van der Waals surface area contributed by atoms with Crippen LogP contribution in [0.15, 0.2) is 12.3 Å². The second-order valence-corrected chi connectivity index (χ2v) is 4.66. The molecular formula is C12H15N3O4. The van der Waals surface area contributed by atoms with Crippen molar-refractivity contribution in [2.45, 2.75) is 25.7 Å². The lowest BCUT2D eigenvalue weighted by atomic mass is 9.83. The van der Waals surface area contributed by atoms with Gasteiger partial charge in [0.05, 0.1) is 4.92 Å². The molecule has 1 fully saturated rings. The second-order valence-electron chi connectivity index (χ2n) is 4.66. The van der Waals surface area contributed by atoms with E-state index in [-0.39, 0.29) is 5.56 Å². The average molecular weight is 265 g/mol. The van der Waals surface area contributed by atoms with Gasteiger partial charge in [-0.05, 0) is 12.3 Å². The maximum Gasteiger partial charge on any atom is 0.342 e. The Morgan fingerprint density at radius 2 is 2.32 bits per heavy atom. The molecule has 1 heterocycles. The molecule has 19 heavy (non-hydrogen) atoms. The maximum absolute atomic E-state index is 11.0. The highest BCUT2D eigenvalue weighted by atomic mass is 16.6. The van der Waals surface area contributed by atoms with Crippen LogP contribution in [0.2, 0.25) is 0 Å². The summed E-state index contributed by atoms with van der Waals surface area (Å²) in [6.45, 7) is 0.703. The smallest absolute Gasteiger partial charge is 0.342 e. The van der Waals surface area contributed by atoms with Crippen molar-refractivity contribution in [3.8, 4) is 0 Å². The zero-order valence-electron chi connectivity index (χ0n) is 10.3. The highest BCUT2D eigenvalue weighted by Crippen LogP contribution is 2.29. The minimum Gasteiger partial charge on any atom is -0.477 e. The van der Waals surface area contributed by atoms with E-state index in [1.165, 1.54) is 25.3 Å². The van der Waals surface area contributed by atoms with Crippen LogP contribution in [0.25, 0.3) is 0 Å². The van der Waals surface area contributed by atoms with Crippen molar-refractivity contribution in [3.05, 3.63) is 27.9 Å². The third kappa shape index (κ3) is 3.18. The molecule has 0 radical (unpaired) electrons.